The molecule has 0 amide bonds. The molecule has 0 radical (unpaired) electrons. The highest BCUT2D eigenvalue weighted by atomic mass is 35.5. The average Bonchev–Trinajstić information content (AvgIpc) is 3.03. The molecule has 2 aromatic heterocycles. The second kappa shape index (κ2) is 8.42. The molecule has 3 rings (SSSR count). The van der Waals surface area contributed by atoms with Crippen LogP contribution in [-0.4, -0.2) is 21.5 Å². The third-order valence-electron chi connectivity index (χ3n) is 3.29. The number of hydrogen-bond donors (Lipinski definition) is 1. The van der Waals surface area contributed by atoms with Crippen LogP contribution in [0.3, 0.4) is 0 Å². The Morgan fingerprint density at radius 3 is 2.80 bits per heavy atom. The molecule has 0 aliphatic carbocycles. The molecule has 0 spiro atoms. The van der Waals surface area contributed by atoms with Crippen molar-refractivity contribution in [2.75, 3.05) is 5.75 Å². The number of fused-ring (bicyclic) bond motifs is 1. The third kappa shape index (κ3) is 4.48. The van der Waals surface area contributed by atoms with E-state index in [0.29, 0.717) is 33.2 Å². The lowest BCUT2D eigenvalue weighted by molar-refractivity contribution is 0.102. The summed E-state index contributed by atoms with van der Waals surface area (Å²) in [7, 11) is 0. The van der Waals surface area contributed by atoms with E-state index in [4.69, 9.17) is 17.3 Å². The van der Waals surface area contributed by atoms with E-state index in [9.17, 15) is 9.18 Å². The molecule has 0 bridgehead atoms. The van der Waals surface area contributed by atoms with Gasteiger partial charge in [0.15, 0.2) is 5.78 Å². The zero-order valence-corrected chi connectivity index (χ0v) is 16.3. The number of carbonyl (C=O) groups excluding carboxylic acids is 1. The van der Waals surface area contributed by atoms with Gasteiger partial charge in [0.2, 0.25) is 0 Å². The van der Waals surface area contributed by atoms with E-state index in [2.05, 4.69) is 9.97 Å². The lowest BCUT2D eigenvalue weighted by Gasteiger charge is -2.07. The van der Waals surface area contributed by atoms with Crippen LogP contribution < -0.4 is 5.73 Å². The zero-order chi connectivity index (χ0) is 17.3. The Balaban J connectivity index is 0.00000225. The summed E-state index contributed by atoms with van der Waals surface area (Å²) in [6, 6.07) is 6.42. The number of rotatable bonds is 5. The number of nitrogens with zero attached hydrogens (tertiary/aromatic N) is 2. The van der Waals surface area contributed by atoms with E-state index < -0.39 is 5.82 Å². The summed E-state index contributed by atoms with van der Waals surface area (Å²) < 4.78 is 13.6. The number of thioether (sulfide) groups is 1. The van der Waals surface area contributed by atoms with E-state index in [1.807, 2.05) is 6.07 Å². The highest BCUT2D eigenvalue weighted by molar-refractivity contribution is 8.00. The van der Waals surface area contributed by atoms with Crippen molar-refractivity contribution < 1.29 is 9.18 Å². The van der Waals surface area contributed by atoms with Crippen LogP contribution in [0.5, 0.6) is 0 Å². The number of thiophene rings is 1. The molecule has 25 heavy (non-hydrogen) atoms. The molecule has 3 aromatic rings. The lowest BCUT2D eigenvalue weighted by Crippen LogP contribution is -2.01. The van der Waals surface area contributed by atoms with Crippen LogP contribution in [0.1, 0.15) is 20.4 Å². The van der Waals surface area contributed by atoms with E-state index >= 15 is 0 Å². The van der Waals surface area contributed by atoms with Gasteiger partial charge in [-0.25, -0.2) is 14.4 Å². The molecule has 0 fully saturated rings. The van der Waals surface area contributed by atoms with E-state index in [-0.39, 0.29) is 29.0 Å². The van der Waals surface area contributed by atoms with Crippen LogP contribution in [0.4, 0.5) is 4.39 Å². The van der Waals surface area contributed by atoms with Crippen molar-refractivity contribution in [3.63, 3.8) is 0 Å². The molecule has 2 N–H and O–H groups in total. The number of Topliss-reactive ketones (excluding diaryl/α,β-unsaturated/α-hetero) is 1. The quantitative estimate of drug-likeness (QED) is 0.371. The average molecular weight is 418 g/mol. The Labute approximate surface area is 163 Å². The lowest BCUT2D eigenvalue weighted by atomic mass is 10.2. The summed E-state index contributed by atoms with van der Waals surface area (Å²) in [4.78, 5) is 22.5. The van der Waals surface area contributed by atoms with Gasteiger partial charge in [-0.2, -0.15) is 0 Å². The number of halogens is 3. The standard InChI is InChI=1S/C16H13ClFN3OS2.ClH/c1-8-20-13-5-12(18)11(17)4-10(13)16(21-8)23-7-14(22)15-3-2-9(6-19)24-15;/h2-5H,6-7,19H2,1H3;1H. The Morgan fingerprint density at radius 2 is 2.12 bits per heavy atom. The Bertz CT molecular complexity index is 933. The highest BCUT2D eigenvalue weighted by Crippen LogP contribution is 2.30. The van der Waals surface area contributed by atoms with Gasteiger partial charge in [0.25, 0.3) is 0 Å². The van der Waals surface area contributed by atoms with Gasteiger partial charge < -0.3 is 5.73 Å². The molecule has 0 atom stereocenters. The van der Waals surface area contributed by atoms with Gasteiger partial charge in [0.05, 0.1) is 21.2 Å². The van der Waals surface area contributed by atoms with Gasteiger partial charge in [-0.05, 0) is 25.1 Å². The molecule has 0 aliphatic rings. The number of ketones is 1. The van der Waals surface area contributed by atoms with Crippen LogP contribution >= 0.6 is 47.1 Å². The molecule has 1 aromatic carbocycles. The van der Waals surface area contributed by atoms with Gasteiger partial charge in [-0.15, -0.1) is 23.7 Å². The maximum Gasteiger partial charge on any atom is 0.183 e. The third-order valence-corrected chi connectivity index (χ3v) is 5.72. The molecule has 0 saturated carbocycles. The van der Waals surface area contributed by atoms with Gasteiger partial charge in [-0.1, -0.05) is 23.4 Å². The molecule has 0 unspecified atom stereocenters. The molecule has 9 heteroatoms. The molecule has 132 valence electrons. The summed E-state index contributed by atoms with van der Waals surface area (Å²) in [5, 5.41) is 1.26. The van der Waals surface area contributed by atoms with Crippen LogP contribution in [0, 0.1) is 12.7 Å². The maximum absolute atomic E-state index is 13.6. The summed E-state index contributed by atoms with van der Waals surface area (Å²) in [6.45, 7) is 2.15. The van der Waals surface area contributed by atoms with Crippen LogP contribution in [0.15, 0.2) is 29.3 Å². The Morgan fingerprint density at radius 1 is 1.36 bits per heavy atom. The molecular weight excluding hydrogens is 404 g/mol. The minimum absolute atomic E-state index is 0. The number of nitrogens with two attached hydrogens (primary N) is 1. The maximum atomic E-state index is 13.6. The van der Waals surface area contributed by atoms with Crippen molar-refractivity contribution in [1.82, 2.24) is 9.97 Å². The Hall–Kier alpha value is -1.25. The monoisotopic (exact) mass is 417 g/mol. The van der Waals surface area contributed by atoms with E-state index in [0.717, 1.165) is 4.88 Å². The molecule has 0 aliphatic heterocycles. The predicted molar refractivity (Wildman–Crippen MR) is 104 cm³/mol. The van der Waals surface area contributed by atoms with Crippen molar-refractivity contribution in [3.8, 4) is 0 Å². The first-order chi connectivity index (χ1) is 11.5. The van der Waals surface area contributed by atoms with Crippen molar-refractivity contribution in [2.45, 2.75) is 18.5 Å². The summed E-state index contributed by atoms with van der Waals surface area (Å²) in [5.41, 5.74) is 6.04. The van der Waals surface area contributed by atoms with Gasteiger partial charge in [0.1, 0.15) is 16.7 Å². The second-order valence-electron chi connectivity index (χ2n) is 5.04. The smallest absolute Gasteiger partial charge is 0.183 e. The minimum atomic E-state index is -0.526. The van der Waals surface area contributed by atoms with E-state index in [1.165, 1.54) is 35.2 Å². The topological polar surface area (TPSA) is 68.9 Å². The fourth-order valence-electron chi connectivity index (χ4n) is 2.16. The molecule has 0 saturated heterocycles. The fraction of sp³-hybridized carbons (Fsp3) is 0.188. The fourth-order valence-corrected chi connectivity index (χ4v) is 4.18. The molecule has 4 nitrogen and oxygen atoms in total. The van der Waals surface area contributed by atoms with Gasteiger partial charge in [-0.3, -0.25) is 4.79 Å². The van der Waals surface area contributed by atoms with Crippen LogP contribution in [-0.2, 0) is 6.54 Å². The van der Waals surface area contributed by atoms with Crippen LogP contribution in [0.25, 0.3) is 10.9 Å². The molecule has 2 heterocycles. The SMILES string of the molecule is Cc1nc(SCC(=O)c2ccc(CN)s2)c2cc(Cl)c(F)cc2n1.Cl. The first-order valence-electron chi connectivity index (χ1n) is 7.06. The zero-order valence-electron chi connectivity index (χ0n) is 13.1. The second-order valence-corrected chi connectivity index (χ2v) is 7.58. The summed E-state index contributed by atoms with van der Waals surface area (Å²) in [5.74, 6) is 0.218. The van der Waals surface area contributed by atoms with Gasteiger partial charge >= 0.3 is 0 Å². The first kappa shape index (κ1) is 20.1. The molecular formula is C16H14Cl2FN3OS2. The number of carbonyl (C=O) groups is 1. The number of hydrogen-bond acceptors (Lipinski definition) is 6. The minimum Gasteiger partial charge on any atom is -0.326 e. The predicted octanol–water partition coefficient (Wildman–Crippen LogP) is 4.65. The van der Waals surface area contributed by atoms with Crippen molar-refractivity contribution in [1.29, 1.82) is 0 Å². The largest absolute Gasteiger partial charge is 0.326 e. The van der Waals surface area contributed by atoms with Gasteiger partial charge in [0, 0.05) is 22.9 Å². The number of aromatic nitrogens is 2. The van der Waals surface area contributed by atoms with Crippen molar-refractivity contribution >= 4 is 63.8 Å². The van der Waals surface area contributed by atoms with E-state index in [1.54, 1.807) is 13.0 Å². The number of benzene rings is 1. The van der Waals surface area contributed by atoms with Crippen LogP contribution in [0.2, 0.25) is 5.02 Å². The number of aryl methyl sites for hydroxylation is 1. The highest BCUT2D eigenvalue weighted by Gasteiger charge is 2.14. The first-order valence-corrected chi connectivity index (χ1v) is 9.24. The summed E-state index contributed by atoms with van der Waals surface area (Å²) >= 11 is 8.55. The summed E-state index contributed by atoms with van der Waals surface area (Å²) in [6.07, 6.45) is 0. The normalized spacial score (nSPS) is 10.7. The Kier molecular flexibility index (Phi) is 6.76. The van der Waals surface area contributed by atoms with Crippen molar-refractivity contribution in [3.05, 3.63) is 50.7 Å². The van der Waals surface area contributed by atoms with Crippen molar-refractivity contribution in [2.24, 2.45) is 5.73 Å².